The van der Waals surface area contributed by atoms with Crippen molar-refractivity contribution in [2.75, 3.05) is 4.72 Å². The Bertz CT molecular complexity index is 581. The predicted molar refractivity (Wildman–Crippen MR) is 72.1 cm³/mol. The summed E-state index contributed by atoms with van der Waals surface area (Å²) in [5.74, 6) is 0. The number of rotatable bonds is 3. The molecule has 0 spiro atoms. The molecule has 1 N–H and O–H groups in total. The molecule has 0 bridgehead atoms. The summed E-state index contributed by atoms with van der Waals surface area (Å²) in [6, 6.07) is 4.91. The molecule has 84 valence electrons. The molecule has 0 fully saturated rings. The summed E-state index contributed by atoms with van der Waals surface area (Å²) in [6.07, 6.45) is 3.15. The topological polar surface area (TPSA) is 59.1 Å². The molecule has 0 aliphatic heterocycles. The Labute approximate surface area is 111 Å². The largest absolute Gasteiger partial charge is 0.278 e. The number of pyridine rings is 1. The standard InChI is InChI=1S/C9H7IN2O2S2/c10-7-6-11-4-3-8(7)12-16(13,14)9-2-1-5-15-9/h1-6H,(H,11,12). The van der Waals surface area contributed by atoms with Crippen LogP contribution in [-0.4, -0.2) is 13.4 Å². The third-order valence-electron chi connectivity index (χ3n) is 1.78. The average molecular weight is 366 g/mol. The van der Waals surface area contributed by atoms with Gasteiger partial charge < -0.3 is 0 Å². The van der Waals surface area contributed by atoms with Gasteiger partial charge in [-0.05, 0) is 40.1 Å². The predicted octanol–water partition coefficient (Wildman–Crippen LogP) is 2.55. The second kappa shape index (κ2) is 4.68. The zero-order chi connectivity index (χ0) is 11.6. The van der Waals surface area contributed by atoms with E-state index in [9.17, 15) is 8.42 Å². The molecule has 0 saturated carbocycles. The Balaban J connectivity index is 2.33. The maximum Gasteiger partial charge on any atom is 0.271 e. The molecule has 0 radical (unpaired) electrons. The maximum atomic E-state index is 11.9. The van der Waals surface area contributed by atoms with E-state index in [0.717, 1.165) is 3.57 Å². The quantitative estimate of drug-likeness (QED) is 0.850. The van der Waals surface area contributed by atoms with Gasteiger partial charge in [-0.3, -0.25) is 9.71 Å². The van der Waals surface area contributed by atoms with Gasteiger partial charge in [0.2, 0.25) is 0 Å². The zero-order valence-electron chi connectivity index (χ0n) is 7.92. The second-order valence-electron chi connectivity index (χ2n) is 2.89. The van der Waals surface area contributed by atoms with Crippen LogP contribution in [0.4, 0.5) is 5.69 Å². The highest BCUT2D eigenvalue weighted by atomic mass is 127. The van der Waals surface area contributed by atoms with E-state index in [0.29, 0.717) is 9.90 Å². The minimum absolute atomic E-state index is 0.306. The van der Waals surface area contributed by atoms with Gasteiger partial charge in [-0.2, -0.15) is 0 Å². The summed E-state index contributed by atoms with van der Waals surface area (Å²) in [5.41, 5.74) is 0.545. The molecule has 0 aliphatic rings. The lowest BCUT2D eigenvalue weighted by Crippen LogP contribution is -2.12. The lowest BCUT2D eigenvalue weighted by molar-refractivity contribution is 0.603. The van der Waals surface area contributed by atoms with Crippen molar-refractivity contribution in [3.63, 3.8) is 0 Å². The van der Waals surface area contributed by atoms with Crippen LogP contribution in [0.2, 0.25) is 0 Å². The van der Waals surface area contributed by atoms with Gasteiger partial charge in [0.1, 0.15) is 4.21 Å². The van der Waals surface area contributed by atoms with E-state index in [2.05, 4.69) is 9.71 Å². The van der Waals surface area contributed by atoms with Crippen molar-refractivity contribution in [1.82, 2.24) is 4.98 Å². The molecule has 0 saturated heterocycles. The van der Waals surface area contributed by atoms with Gasteiger partial charge in [0.25, 0.3) is 10.0 Å². The molecule has 0 amide bonds. The molecule has 4 nitrogen and oxygen atoms in total. The zero-order valence-corrected chi connectivity index (χ0v) is 11.7. The SMILES string of the molecule is O=S(=O)(Nc1ccncc1I)c1cccs1. The summed E-state index contributed by atoms with van der Waals surface area (Å²) >= 11 is 3.22. The third-order valence-corrected chi connectivity index (χ3v) is 5.40. The molecular weight excluding hydrogens is 359 g/mol. The molecule has 0 aromatic carbocycles. The van der Waals surface area contributed by atoms with Crippen molar-refractivity contribution in [2.45, 2.75) is 4.21 Å². The number of hydrogen-bond acceptors (Lipinski definition) is 4. The molecule has 2 aromatic heterocycles. The molecule has 16 heavy (non-hydrogen) atoms. The van der Waals surface area contributed by atoms with Crippen molar-refractivity contribution in [3.8, 4) is 0 Å². The van der Waals surface area contributed by atoms with E-state index in [1.807, 2.05) is 22.6 Å². The first-order valence-electron chi connectivity index (χ1n) is 4.25. The Morgan fingerprint density at radius 3 is 2.81 bits per heavy atom. The number of halogens is 1. The highest BCUT2D eigenvalue weighted by molar-refractivity contribution is 14.1. The van der Waals surface area contributed by atoms with Gasteiger partial charge in [-0.15, -0.1) is 11.3 Å². The first-order chi connectivity index (χ1) is 7.59. The summed E-state index contributed by atoms with van der Waals surface area (Å²) in [7, 11) is -3.46. The van der Waals surface area contributed by atoms with Crippen LogP contribution in [0, 0.1) is 3.57 Å². The van der Waals surface area contributed by atoms with Crippen molar-refractivity contribution in [1.29, 1.82) is 0 Å². The molecule has 2 heterocycles. The van der Waals surface area contributed by atoms with E-state index < -0.39 is 10.0 Å². The van der Waals surface area contributed by atoms with Crippen LogP contribution < -0.4 is 4.72 Å². The van der Waals surface area contributed by atoms with Crippen molar-refractivity contribution >= 4 is 49.6 Å². The van der Waals surface area contributed by atoms with Crippen LogP contribution in [-0.2, 0) is 10.0 Å². The number of aromatic nitrogens is 1. The number of sulfonamides is 1. The minimum Gasteiger partial charge on any atom is -0.278 e. The average Bonchev–Trinajstić information content (AvgIpc) is 2.75. The molecule has 2 rings (SSSR count). The van der Waals surface area contributed by atoms with Gasteiger partial charge in [0.15, 0.2) is 0 Å². The Morgan fingerprint density at radius 1 is 1.38 bits per heavy atom. The van der Waals surface area contributed by atoms with Crippen molar-refractivity contribution in [3.05, 3.63) is 39.5 Å². The molecule has 2 aromatic rings. The lowest BCUT2D eigenvalue weighted by atomic mass is 10.4. The normalized spacial score (nSPS) is 11.3. The molecule has 0 aliphatic carbocycles. The van der Waals surface area contributed by atoms with Crippen LogP contribution in [0.5, 0.6) is 0 Å². The smallest absolute Gasteiger partial charge is 0.271 e. The van der Waals surface area contributed by atoms with E-state index in [1.165, 1.54) is 11.3 Å². The first-order valence-corrected chi connectivity index (χ1v) is 7.69. The summed E-state index contributed by atoms with van der Waals surface area (Å²) in [4.78, 5) is 3.90. The molecule has 7 heteroatoms. The number of thiophene rings is 1. The second-order valence-corrected chi connectivity index (χ2v) is 6.91. The summed E-state index contributed by atoms with van der Waals surface area (Å²) in [5, 5.41) is 1.73. The van der Waals surface area contributed by atoms with Gasteiger partial charge in [0, 0.05) is 12.4 Å². The number of hydrogen-bond donors (Lipinski definition) is 1. The fraction of sp³-hybridized carbons (Fsp3) is 0. The molecular formula is C9H7IN2O2S2. The monoisotopic (exact) mass is 366 g/mol. The van der Waals surface area contributed by atoms with Gasteiger partial charge in [-0.1, -0.05) is 6.07 Å². The fourth-order valence-electron chi connectivity index (χ4n) is 1.07. The van der Waals surface area contributed by atoms with E-state index in [4.69, 9.17) is 0 Å². The summed E-state index contributed by atoms with van der Waals surface area (Å²) < 4.78 is 27.4. The van der Waals surface area contributed by atoms with Crippen LogP contribution in [0.15, 0.2) is 40.2 Å². The van der Waals surface area contributed by atoms with Crippen LogP contribution >= 0.6 is 33.9 Å². The Kier molecular flexibility index (Phi) is 3.45. The van der Waals surface area contributed by atoms with Gasteiger partial charge in [0.05, 0.1) is 9.26 Å². The van der Waals surface area contributed by atoms with Crippen LogP contribution in [0.1, 0.15) is 0 Å². The summed E-state index contributed by atoms with van der Waals surface area (Å²) in [6.45, 7) is 0. The third kappa shape index (κ3) is 2.53. The first kappa shape index (κ1) is 11.8. The van der Waals surface area contributed by atoms with Gasteiger partial charge >= 0.3 is 0 Å². The number of nitrogens with one attached hydrogen (secondary N) is 1. The van der Waals surface area contributed by atoms with Crippen LogP contribution in [0.3, 0.4) is 0 Å². The number of anilines is 1. The van der Waals surface area contributed by atoms with Crippen LogP contribution in [0.25, 0.3) is 0 Å². The number of nitrogens with zero attached hydrogens (tertiary/aromatic N) is 1. The lowest BCUT2D eigenvalue weighted by Gasteiger charge is -2.07. The maximum absolute atomic E-state index is 11.9. The van der Waals surface area contributed by atoms with E-state index in [-0.39, 0.29) is 0 Å². The van der Waals surface area contributed by atoms with Crippen molar-refractivity contribution in [2.24, 2.45) is 0 Å². The van der Waals surface area contributed by atoms with E-state index >= 15 is 0 Å². The highest BCUT2D eigenvalue weighted by Crippen LogP contribution is 2.22. The fourth-order valence-corrected chi connectivity index (χ4v) is 3.80. The Morgan fingerprint density at radius 2 is 2.19 bits per heavy atom. The van der Waals surface area contributed by atoms with Crippen molar-refractivity contribution < 1.29 is 8.42 Å². The highest BCUT2D eigenvalue weighted by Gasteiger charge is 2.16. The molecule has 0 atom stereocenters. The molecule has 0 unspecified atom stereocenters. The minimum atomic E-state index is -3.46. The van der Waals surface area contributed by atoms with E-state index in [1.54, 1.807) is 36.0 Å². The Hall–Kier alpha value is -0.670. The van der Waals surface area contributed by atoms with Gasteiger partial charge in [-0.25, -0.2) is 8.42 Å².